The molecule has 0 aliphatic carbocycles. The normalized spacial score (nSPS) is 10.8. The van der Waals surface area contributed by atoms with Gasteiger partial charge in [-0.2, -0.15) is 5.10 Å². The van der Waals surface area contributed by atoms with E-state index in [2.05, 4.69) is 23.5 Å². The fourth-order valence-electron chi connectivity index (χ4n) is 2.08. The molecule has 1 N–H and O–H groups in total. The molecule has 108 valence electrons. The summed E-state index contributed by atoms with van der Waals surface area (Å²) in [7, 11) is 1.66. The first-order valence-corrected chi connectivity index (χ1v) is 7.15. The van der Waals surface area contributed by atoms with E-state index in [1.165, 1.54) is 5.56 Å². The minimum absolute atomic E-state index is 0.668. The number of hydrogen-bond acceptors (Lipinski definition) is 3. The number of nitrogens with one attached hydrogen (secondary N) is 1. The Balaban J connectivity index is 1.92. The number of methoxy groups -OCH3 is 1. The zero-order valence-electron chi connectivity index (χ0n) is 11.9. The van der Waals surface area contributed by atoms with Gasteiger partial charge >= 0.3 is 0 Å². The fourth-order valence-corrected chi connectivity index (χ4v) is 2.32. The number of halogens is 1. The molecule has 0 saturated heterocycles. The summed E-state index contributed by atoms with van der Waals surface area (Å²) in [6.07, 6.45) is 5.05. The lowest BCUT2D eigenvalue weighted by atomic mass is 10.2. The van der Waals surface area contributed by atoms with Gasteiger partial charge in [-0.3, -0.25) is 4.68 Å². The van der Waals surface area contributed by atoms with Crippen LogP contribution in [0.25, 0.3) is 0 Å². The summed E-state index contributed by atoms with van der Waals surface area (Å²) in [4.78, 5) is 0. The number of hydrogen-bond donors (Lipinski definition) is 1. The van der Waals surface area contributed by atoms with Gasteiger partial charge in [0, 0.05) is 42.0 Å². The van der Waals surface area contributed by atoms with Crippen LogP contribution in [0.15, 0.2) is 30.6 Å². The molecule has 1 heterocycles. The Bertz CT molecular complexity index is 554. The first-order valence-electron chi connectivity index (χ1n) is 6.78. The molecule has 0 unspecified atom stereocenters. The minimum Gasteiger partial charge on any atom is -0.496 e. The van der Waals surface area contributed by atoms with Crippen molar-refractivity contribution in [1.29, 1.82) is 0 Å². The highest BCUT2D eigenvalue weighted by Crippen LogP contribution is 2.25. The van der Waals surface area contributed by atoms with E-state index in [-0.39, 0.29) is 0 Å². The molecule has 0 aliphatic heterocycles. The number of benzene rings is 1. The standard InChI is InChI=1S/C15H20ClN3O/c1-3-7-19-11-12(9-18-19)8-17-10-13-14(16)5-4-6-15(13)20-2/h4-6,9,11,17H,3,7-8,10H2,1-2H3. The van der Waals surface area contributed by atoms with Crippen LogP contribution in [0.5, 0.6) is 5.75 Å². The Labute approximate surface area is 124 Å². The van der Waals surface area contributed by atoms with Crippen LogP contribution in [-0.4, -0.2) is 16.9 Å². The molecule has 0 fully saturated rings. The van der Waals surface area contributed by atoms with Gasteiger partial charge < -0.3 is 10.1 Å². The number of rotatable bonds is 7. The number of aromatic nitrogens is 2. The van der Waals surface area contributed by atoms with E-state index in [1.807, 2.05) is 29.1 Å². The van der Waals surface area contributed by atoms with Crippen molar-refractivity contribution >= 4 is 11.6 Å². The molecular weight excluding hydrogens is 274 g/mol. The molecule has 0 saturated carbocycles. The Hall–Kier alpha value is -1.52. The lowest BCUT2D eigenvalue weighted by Crippen LogP contribution is -2.13. The van der Waals surface area contributed by atoms with Gasteiger partial charge in [-0.05, 0) is 18.6 Å². The molecule has 1 aromatic carbocycles. The van der Waals surface area contributed by atoms with Crippen LogP contribution in [0.3, 0.4) is 0 Å². The van der Waals surface area contributed by atoms with Crippen molar-refractivity contribution in [3.63, 3.8) is 0 Å². The fraction of sp³-hybridized carbons (Fsp3) is 0.400. The van der Waals surface area contributed by atoms with Gasteiger partial charge in [0.25, 0.3) is 0 Å². The van der Waals surface area contributed by atoms with Crippen molar-refractivity contribution in [3.05, 3.63) is 46.7 Å². The molecule has 1 aromatic heterocycles. The maximum Gasteiger partial charge on any atom is 0.124 e. The van der Waals surface area contributed by atoms with Crippen LogP contribution in [0.2, 0.25) is 5.02 Å². The van der Waals surface area contributed by atoms with E-state index in [9.17, 15) is 0 Å². The number of ether oxygens (including phenoxy) is 1. The van der Waals surface area contributed by atoms with Crippen LogP contribution in [0.4, 0.5) is 0 Å². The summed E-state index contributed by atoms with van der Waals surface area (Å²) in [5, 5.41) is 8.40. The molecule has 0 aliphatic rings. The van der Waals surface area contributed by atoms with Crippen LogP contribution in [-0.2, 0) is 19.6 Å². The summed E-state index contributed by atoms with van der Waals surface area (Å²) in [6, 6.07) is 5.68. The van der Waals surface area contributed by atoms with Crippen molar-refractivity contribution in [2.75, 3.05) is 7.11 Å². The monoisotopic (exact) mass is 293 g/mol. The molecule has 5 heteroatoms. The van der Waals surface area contributed by atoms with Crippen LogP contribution >= 0.6 is 11.6 Å². The molecule has 2 aromatic rings. The molecule has 4 nitrogen and oxygen atoms in total. The Morgan fingerprint density at radius 1 is 1.35 bits per heavy atom. The van der Waals surface area contributed by atoms with E-state index in [0.717, 1.165) is 35.8 Å². The molecule has 0 spiro atoms. The van der Waals surface area contributed by atoms with E-state index >= 15 is 0 Å². The summed E-state index contributed by atoms with van der Waals surface area (Å²) in [5.41, 5.74) is 2.15. The predicted molar refractivity (Wildman–Crippen MR) is 81.1 cm³/mol. The van der Waals surface area contributed by atoms with Gasteiger partial charge in [-0.25, -0.2) is 0 Å². The van der Waals surface area contributed by atoms with Crippen molar-refractivity contribution < 1.29 is 4.74 Å². The van der Waals surface area contributed by atoms with E-state index in [1.54, 1.807) is 7.11 Å². The topological polar surface area (TPSA) is 39.1 Å². The first-order chi connectivity index (χ1) is 9.74. The third-order valence-corrected chi connectivity index (χ3v) is 3.42. The van der Waals surface area contributed by atoms with Gasteiger partial charge in [0.15, 0.2) is 0 Å². The number of nitrogens with zero attached hydrogens (tertiary/aromatic N) is 2. The van der Waals surface area contributed by atoms with E-state index in [4.69, 9.17) is 16.3 Å². The van der Waals surface area contributed by atoms with E-state index < -0.39 is 0 Å². The lowest BCUT2D eigenvalue weighted by Gasteiger charge is -2.10. The average Bonchev–Trinajstić information content (AvgIpc) is 2.88. The second-order valence-corrected chi connectivity index (χ2v) is 5.04. The van der Waals surface area contributed by atoms with Crippen LogP contribution in [0, 0.1) is 0 Å². The van der Waals surface area contributed by atoms with Crippen molar-refractivity contribution in [2.24, 2.45) is 0 Å². The maximum atomic E-state index is 6.20. The molecule has 2 rings (SSSR count). The summed E-state index contributed by atoms with van der Waals surface area (Å²) in [5.74, 6) is 0.812. The highest BCUT2D eigenvalue weighted by atomic mass is 35.5. The summed E-state index contributed by atoms with van der Waals surface area (Å²) in [6.45, 7) is 4.53. The van der Waals surface area contributed by atoms with Crippen LogP contribution in [0.1, 0.15) is 24.5 Å². The second-order valence-electron chi connectivity index (χ2n) is 4.64. The highest BCUT2D eigenvalue weighted by Gasteiger charge is 2.07. The SMILES string of the molecule is CCCn1cc(CNCc2c(Cl)cccc2OC)cn1. The summed E-state index contributed by atoms with van der Waals surface area (Å²) < 4.78 is 7.29. The van der Waals surface area contributed by atoms with Crippen molar-refractivity contribution in [2.45, 2.75) is 33.0 Å². The molecule has 0 atom stereocenters. The number of aryl methyl sites for hydroxylation is 1. The van der Waals surface area contributed by atoms with Crippen molar-refractivity contribution in [1.82, 2.24) is 15.1 Å². The Morgan fingerprint density at radius 3 is 2.95 bits per heavy atom. The van der Waals surface area contributed by atoms with Crippen LogP contribution < -0.4 is 10.1 Å². The van der Waals surface area contributed by atoms with Gasteiger partial charge in [-0.1, -0.05) is 24.6 Å². The van der Waals surface area contributed by atoms with Gasteiger partial charge in [0.2, 0.25) is 0 Å². The quantitative estimate of drug-likeness (QED) is 0.852. The second kappa shape index (κ2) is 7.31. The van der Waals surface area contributed by atoms with Gasteiger partial charge in [0.05, 0.1) is 13.3 Å². The Kier molecular flexibility index (Phi) is 5.44. The zero-order valence-corrected chi connectivity index (χ0v) is 12.7. The highest BCUT2D eigenvalue weighted by molar-refractivity contribution is 6.31. The largest absolute Gasteiger partial charge is 0.496 e. The molecule has 0 radical (unpaired) electrons. The predicted octanol–water partition coefficient (Wildman–Crippen LogP) is 3.24. The third kappa shape index (κ3) is 3.74. The van der Waals surface area contributed by atoms with Gasteiger partial charge in [0.1, 0.15) is 5.75 Å². The molecular formula is C15H20ClN3O. The minimum atomic E-state index is 0.668. The summed E-state index contributed by atoms with van der Waals surface area (Å²) >= 11 is 6.20. The van der Waals surface area contributed by atoms with E-state index in [0.29, 0.717) is 6.54 Å². The first kappa shape index (κ1) is 14.9. The van der Waals surface area contributed by atoms with Gasteiger partial charge in [-0.15, -0.1) is 0 Å². The molecule has 0 amide bonds. The zero-order chi connectivity index (χ0) is 14.4. The molecule has 0 bridgehead atoms. The third-order valence-electron chi connectivity index (χ3n) is 3.07. The Morgan fingerprint density at radius 2 is 2.20 bits per heavy atom. The smallest absolute Gasteiger partial charge is 0.124 e. The lowest BCUT2D eigenvalue weighted by molar-refractivity contribution is 0.407. The van der Waals surface area contributed by atoms with Crippen molar-refractivity contribution in [3.8, 4) is 5.75 Å². The average molecular weight is 294 g/mol. The molecule has 20 heavy (non-hydrogen) atoms. The maximum absolute atomic E-state index is 6.20.